The van der Waals surface area contributed by atoms with Crippen molar-refractivity contribution in [2.24, 2.45) is 0 Å². The summed E-state index contributed by atoms with van der Waals surface area (Å²) in [7, 11) is 0. The summed E-state index contributed by atoms with van der Waals surface area (Å²) in [5.74, 6) is 1.06. The maximum absolute atomic E-state index is 5.01. The van der Waals surface area contributed by atoms with Gasteiger partial charge >= 0.3 is 0 Å². The Labute approximate surface area is 250 Å². The number of aromatic nitrogens is 3. The number of hydrogen-bond donors (Lipinski definition) is 0. The molecule has 0 spiro atoms. The summed E-state index contributed by atoms with van der Waals surface area (Å²) < 4.78 is 2.35. The zero-order chi connectivity index (χ0) is 28.8. The summed E-state index contributed by atoms with van der Waals surface area (Å²) in [6.07, 6.45) is 2.69. The fourth-order valence-electron chi connectivity index (χ4n) is 6.53. The third-order valence-electron chi connectivity index (χ3n) is 8.43. The van der Waals surface area contributed by atoms with Crippen LogP contribution in [0.25, 0.3) is 71.8 Å². The molecule has 6 aromatic carbocycles. The van der Waals surface area contributed by atoms with E-state index in [9.17, 15) is 0 Å². The molecule has 204 valence electrons. The van der Waals surface area contributed by atoms with E-state index < -0.39 is 0 Å². The number of rotatable bonds is 5. The van der Waals surface area contributed by atoms with E-state index in [1.165, 1.54) is 43.8 Å². The average molecular weight is 552 g/mol. The van der Waals surface area contributed by atoms with Gasteiger partial charge in [-0.25, -0.2) is 4.98 Å². The van der Waals surface area contributed by atoms with Gasteiger partial charge in [0.2, 0.25) is 0 Å². The zero-order valence-electron chi connectivity index (χ0n) is 23.9. The maximum Gasteiger partial charge on any atom is 0.114 e. The second-order valence-corrected chi connectivity index (χ2v) is 10.9. The number of aryl methyl sites for hydroxylation is 1. The van der Waals surface area contributed by atoms with E-state index in [-0.39, 0.29) is 0 Å². The van der Waals surface area contributed by atoms with Crippen molar-refractivity contribution >= 4 is 32.6 Å². The fraction of sp³-hybridized carbons (Fsp3) is 0.0500. The van der Waals surface area contributed by atoms with Crippen molar-refractivity contribution in [1.29, 1.82) is 0 Å². The molecule has 0 N–H and O–H groups in total. The van der Waals surface area contributed by atoms with Crippen LogP contribution >= 0.6 is 0 Å². The lowest BCUT2D eigenvalue weighted by molar-refractivity contribution is 0.909. The number of para-hydroxylation sites is 3. The van der Waals surface area contributed by atoms with Gasteiger partial charge in [0.15, 0.2) is 0 Å². The lowest BCUT2D eigenvalue weighted by atomic mass is 9.85. The van der Waals surface area contributed by atoms with Gasteiger partial charge in [0.25, 0.3) is 0 Å². The van der Waals surface area contributed by atoms with Crippen LogP contribution in [0.3, 0.4) is 0 Å². The van der Waals surface area contributed by atoms with Crippen molar-refractivity contribution < 1.29 is 0 Å². The largest absolute Gasteiger partial charge is 0.296 e. The number of imidazole rings is 1. The minimum Gasteiger partial charge on any atom is -0.296 e. The summed E-state index contributed by atoms with van der Waals surface area (Å²) in [4.78, 5) is 9.56. The molecule has 0 aliphatic carbocycles. The highest BCUT2D eigenvalue weighted by Gasteiger charge is 2.20. The molecule has 43 heavy (non-hydrogen) atoms. The SMILES string of the molecule is CCc1nc2ccccc2n1-c1ccccc1-c1c2ccccc2c(-c2ccc(-c3ccccn3)cc2)c2ccccc12. The van der Waals surface area contributed by atoms with Crippen molar-refractivity contribution in [2.45, 2.75) is 13.3 Å². The van der Waals surface area contributed by atoms with Crippen molar-refractivity contribution in [3.05, 3.63) is 152 Å². The van der Waals surface area contributed by atoms with Gasteiger partial charge in [0.1, 0.15) is 5.82 Å². The minimum atomic E-state index is 0.845. The van der Waals surface area contributed by atoms with Crippen LogP contribution in [0.4, 0.5) is 0 Å². The first-order valence-corrected chi connectivity index (χ1v) is 14.8. The minimum absolute atomic E-state index is 0.845. The maximum atomic E-state index is 5.01. The van der Waals surface area contributed by atoms with E-state index in [0.29, 0.717) is 0 Å². The Morgan fingerprint density at radius 2 is 1.12 bits per heavy atom. The van der Waals surface area contributed by atoms with Crippen LogP contribution in [0.2, 0.25) is 0 Å². The predicted octanol–water partition coefficient (Wildman–Crippen LogP) is 10.3. The van der Waals surface area contributed by atoms with Gasteiger partial charge in [-0.15, -0.1) is 0 Å². The Morgan fingerprint density at radius 3 is 1.79 bits per heavy atom. The van der Waals surface area contributed by atoms with Crippen molar-refractivity contribution in [1.82, 2.24) is 14.5 Å². The number of hydrogen-bond acceptors (Lipinski definition) is 2. The molecule has 0 fully saturated rings. The molecule has 0 saturated carbocycles. The van der Waals surface area contributed by atoms with E-state index in [2.05, 4.69) is 144 Å². The predicted molar refractivity (Wildman–Crippen MR) is 180 cm³/mol. The third-order valence-corrected chi connectivity index (χ3v) is 8.43. The molecular formula is C40H29N3. The molecule has 8 aromatic rings. The monoisotopic (exact) mass is 551 g/mol. The van der Waals surface area contributed by atoms with Crippen molar-refractivity contribution in [3.63, 3.8) is 0 Å². The van der Waals surface area contributed by atoms with Crippen LogP contribution in [0.15, 0.2) is 146 Å². The van der Waals surface area contributed by atoms with Crippen LogP contribution in [0.5, 0.6) is 0 Å². The Balaban J connectivity index is 1.41. The highest BCUT2D eigenvalue weighted by Crippen LogP contribution is 2.45. The third kappa shape index (κ3) is 4.12. The Morgan fingerprint density at radius 1 is 0.535 bits per heavy atom. The number of pyridine rings is 1. The summed E-state index contributed by atoms with van der Waals surface area (Å²) in [5.41, 5.74) is 10.3. The van der Waals surface area contributed by atoms with Gasteiger partial charge < -0.3 is 0 Å². The molecule has 0 amide bonds. The number of benzene rings is 6. The molecule has 3 nitrogen and oxygen atoms in total. The van der Waals surface area contributed by atoms with Gasteiger partial charge in [0.05, 0.1) is 22.4 Å². The van der Waals surface area contributed by atoms with Crippen molar-refractivity contribution in [3.8, 4) is 39.2 Å². The Hall–Kier alpha value is -5.54. The van der Waals surface area contributed by atoms with Crippen LogP contribution in [-0.4, -0.2) is 14.5 Å². The smallest absolute Gasteiger partial charge is 0.114 e. The molecule has 8 rings (SSSR count). The average Bonchev–Trinajstić information content (AvgIpc) is 3.46. The lowest BCUT2D eigenvalue weighted by Crippen LogP contribution is -2.03. The molecule has 0 unspecified atom stereocenters. The molecule has 0 aliphatic rings. The van der Waals surface area contributed by atoms with E-state index in [0.717, 1.165) is 40.2 Å². The van der Waals surface area contributed by atoms with Crippen LogP contribution in [0.1, 0.15) is 12.7 Å². The molecule has 3 heteroatoms. The highest BCUT2D eigenvalue weighted by molar-refractivity contribution is 6.22. The van der Waals surface area contributed by atoms with E-state index >= 15 is 0 Å². The zero-order valence-corrected chi connectivity index (χ0v) is 23.9. The molecule has 0 saturated heterocycles. The first kappa shape index (κ1) is 25.2. The van der Waals surface area contributed by atoms with E-state index in [1.807, 2.05) is 18.3 Å². The summed E-state index contributed by atoms with van der Waals surface area (Å²) in [6.45, 7) is 2.18. The number of fused-ring (bicyclic) bond motifs is 3. The van der Waals surface area contributed by atoms with Gasteiger partial charge in [-0.3, -0.25) is 9.55 Å². The first-order valence-electron chi connectivity index (χ1n) is 14.8. The van der Waals surface area contributed by atoms with Gasteiger partial charge in [-0.05, 0) is 68.6 Å². The molecule has 0 aliphatic heterocycles. The Kier molecular flexibility index (Phi) is 6.08. The van der Waals surface area contributed by atoms with Gasteiger partial charge in [-0.1, -0.05) is 116 Å². The second-order valence-electron chi connectivity index (χ2n) is 10.9. The van der Waals surface area contributed by atoms with Crippen LogP contribution < -0.4 is 0 Å². The highest BCUT2D eigenvalue weighted by atomic mass is 15.1. The second kappa shape index (κ2) is 10.4. The summed E-state index contributed by atoms with van der Waals surface area (Å²) in [5, 5.41) is 4.95. The summed E-state index contributed by atoms with van der Waals surface area (Å²) >= 11 is 0. The molecule has 2 aromatic heterocycles. The van der Waals surface area contributed by atoms with E-state index in [1.54, 1.807) is 0 Å². The number of nitrogens with zero attached hydrogens (tertiary/aromatic N) is 3. The topological polar surface area (TPSA) is 30.7 Å². The lowest BCUT2D eigenvalue weighted by Gasteiger charge is -2.20. The Bertz CT molecular complexity index is 2200. The molecule has 0 radical (unpaired) electrons. The molecule has 2 heterocycles. The standard InChI is InChI=1S/C40H29N3/c1-2-38-42-35-19-8-10-21-37(35)43(38)36-20-9-7-17-33(36)40-31-15-5-3-13-29(31)39(30-14-4-6-16-32(30)40)28-24-22-27(23-25-28)34-18-11-12-26-41-34/h3-26H,2H2,1H3. The van der Waals surface area contributed by atoms with Crippen LogP contribution in [-0.2, 0) is 6.42 Å². The fourth-order valence-corrected chi connectivity index (χ4v) is 6.53. The summed E-state index contributed by atoms with van der Waals surface area (Å²) in [6, 6.07) is 49.8. The van der Waals surface area contributed by atoms with Crippen molar-refractivity contribution in [2.75, 3.05) is 0 Å². The quantitative estimate of drug-likeness (QED) is 0.199. The first-order chi connectivity index (χ1) is 21.3. The molecular weight excluding hydrogens is 522 g/mol. The molecule has 0 atom stereocenters. The molecule has 0 bridgehead atoms. The van der Waals surface area contributed by atoms with Gasteiger partial charge in [-0.2, -0.15) is 0 Å². The van der Waals surface area contributed by atoms with E-state index in [4.69, 9.17) is 4.98 Å². The normalized spacial score (nSPS) is 11.5. The van der Waals surface area contributed by atoms with Crippen LogP contribution in [0, 0.1) is 0 Å². The van der Waals surface area contributed by atoms with Gasteiger partial charge in [0, 0.05) is 23.7 Å².